The quantitative estimate of drug-likeness (QED) is 0.805. The Bertz CT molecular complexity index is 430. The minimum atomic E-state index is -0.701. The monoisotopic (exact) mass is 349 g/mol. The van der Waals surface area contributed by atoms with Gasteiger partial charge in [0.15, 0.2) is 0 Å². The van der Waals surface area contributed by atoms with E-state index < -0.39 is 5.54 Å². The van der Waals surface area contributed by atoms with Crippen LogP contribution in [-0.4, -0.2) is 44.9 Å². The van der Waals surface area contributed by atoms with Gasteiger partial charge in [0.2, 0.25) is 5.91 Å². The summed E-state index contributed by atoms with van der Waals surface area (Å²) in [6.45, 7) is 4.76. The topological polar surface area (TPSA) is 58.4 Å². The van der Waals surface area contributed by atoms with Crippen LogP contribution in [-0.2, 0) is 10.3 Å². The van der Waals surface area contributed by atoms with E-state index in [-0.39, 0.29) is 12.0 Å². The number of hydrogen-bond donors (Lipinski definition) is 1. The second-order valence-electron chi connectivity index (χ2n) is 4.86. The Labute approximate surface area is 114 Å². The molecule has 0 unspecified atom stereocenters. The van der Waals surface area contributed by atoms with Crippen molar-refractivity contribution in [2.45, 2.75) is 31.9 Å². The molecule has 1 fully saturated rings. The lowest BCUT2D eigenvalue weighted by Crippen LogP contribution is -2.46. The Balaban J connectivity index is 2.17. The molecule has 1 aromatic heterocycles. The molecule has 1 aromatic rings. The van der Waals surface area contributed by atoms with Crippen LogP contribution in [0.1, 0.15) is 20.3 Å². The van der Waals surface area contributed by atoms with Crippen LogP contribution in [0.25, 0.3) is 0 Å². The number of nitrogens with zero attached hydrogens (tertiary/aromatic N) is 3. The highest BCUT2D eigenvalue weighted by atomic mass is 127. The summed E-state index contributed by atoms with van der Waals surface area (Å²) < 4.78 is 2.69. The number of likely N-dealkylation sites (tertiary alicyclic amines) is 1. The minimum Gasteiger partial charge on any atom is -0.391 e. The Morgan fingerprint density at radius 3 is 2.82 bits per heavy atom. The van der Waals surface area contributed by atoms with Gasteiger partial charge >= 0.3 is 0 Å². The standard InChI is InChI=1S/C11H16IN3O2/c1-11(2,15-6-8(12)5-13-15)10(17)14-4-3-9(16)7-14/h5-6,9,16H,3-4,7H2,1-2H3/t9-/m1/s1. The molecule has 1 aliphatic heterocycles. The lowest BCUT2D eigenvalue weighted by molar-refractivity contribution is -0.139. The molecule has 0 bridgehead atoms. The maximum absolute atomic E-state index is 12.4. The van der Waals surface area contributed by atoms with Gasteiger partial charge in [0.05, 0.1) is 15.9 Å². The molecule has 0 aromatic carbocycles. The van der Waals surface area contributed by atoms with Crippen molar-refractivity contribution in [3.8, 4) is 0 Å². The zero-order chi connectivity index (χ0) is 12.6. The largest absolute Gasteiger partial charge is 0.391 e. The number of hydrogen-bond acceptors (Lipinski definition) is 3. The van der Waals surface area contributed by atoms with Crippen LogP contribution in [0.4, 0.5) is 0 Å². The molecule has 2 rings (SSSR count). The van der Waals surface area contributed by atoms with Crippen molar-refractivity contribution in [3.63, 3.8) is 0 Å². The third-order valence-corrected chi connectivity index (χ3v) is 3.65. The minimum absolute atomic E-state index is 0.00792. The lowest BCUT2D eigenvalue weighted by atomic mass is 10.0. The fourth-order valence-corrected chi connectivity index (χ4v) is 2.41. The Morgan fingerprint density at radius 2 is 2.35 bits per heavy atom. The van der Waals surface area contributed by atoms with Crippen LogP contribution in [0.3, 0.4) is 0 Å². The summed E-state index contributed by atoms with van der Waals surface area (Å²) in [5, 5.41) is 13.7. The predicted octanol–water partition coefficient (Wildman–Crippen LogP) is 0.816. The highest BCUT2D eigenvalue weighted by Gasteiger charge is 2.37. The fraction of sp³-hybridized carbons (Fsp3) is 0.636. The van der Waals surface area contributed by atoms with Gasteiger partial charge in [-0.3, -0.25) is 9.48 Å². The van der Waals surface area contributed by atoms with Gasteiger partial charge in [-0.15, -0.1) is 0 Å². The number of aliphatic hydroxyl groups is 1. The molecule has 1 saturated heterocycles. The van der Waals surface area contributed by atoms with Crippen LogP contribution in [0.15, 0.2) is 12.4 Å². The average Bonchev–Trinajstić information content (AvgIpc) is 2.86. The third-order valence-electron chi connectivity index (χ3n) is 3.10. The highest BCUT2D eigenvalue weighted by molar-refractivity contribution is 14.1. The van der Waals surface area contributed by atoms with Crippen LogP contribution in [0, 0.1) is 3.57 Å². The second-order valence-corrected chi connectivity index (χ2v) is 6.10. The van der Waals surface area contributed by atoms with E-state index in [0.29, 0.717) is 19.5 Å². The summed E-state index contributed by atoms with van der Waals surface area (Å²) >= 11 is 2.17. The molecule has 1 atom stereocenters. The van der Waals surface area contributed by atoms with Gasteiger partial charge in [-0.25, -0.2) is 0 Å². The second kappa shape index (κ2) is 4.56. The summed E-state index contributed by atoms with van der Waals surface area (Å²) in [7, 11) is 0. The third kappa shape index (κ3) is 2.47. The maximum Gasteiger partial charge on any atom is 0.250 e. The Hall–Kier alpha value is -0.630. The first kappa shape index (κ1) is 12.8. The lowest BCUT2D eigenvalue weighted by Gasteiger charge is -2.29. The highest BCUT2D eigenvalue weighted by Crippen LogP contribution is 2.22. The molecule has 0 radical (unpaired) electrons. The van der Waals surface area contributed by atoms with Crippen LogP contribution >= 0.6 is 22.6 Å². The molecule has 5 nitrogen and oxygen atoms in total. The maximum atomic E-state index is 12.4. The zero-order valence-corrected chi connectivity index (χ0v) is 12.1. The molecule has 2 heterocycles. The number of halogens is 1. The van der Waals surface area contributed by atoms with Gasteiger partial charge in [0.1, 0.15) is 5.54 Å². The van der Waals surface area contributed by atoms with Gasteiger partial charge in [0.25, 0.3) is 0 Å². The fourth-order valence-electron chi connectivity index (χ4n) is 2.02. The van der Waals surface area contributed by atoms with Crippen molar-refractivity contribution in [3.05, 3.63) is 16.0 Å². The van der Waals surface area contributed by atoms with E-state index in [0.717, 1.165) is 3.57 Å². The Morgan fingerprint density at radius 1 is 1.65 bits per heavy atom. The normalized spacial score (nSPS) is 20.9. The molecule has 1 N–H and O–H groups in total. The van der Waals surface area contributed by atoms with Gasteiger partial charge in [-0.05, 0) is 42.9 Å². The van der Waals surface area contributed by atoms with Gasteiger partial charge < -0.3 is 10.0 Å². The molecule has 1 aliphatic rings. The van der Waals surface area contributed by atoms with E-state index in [9.17, 15) is 9.90 Å². The van der Waals surface area contributed by atoms with Crippen molar-refractivity contribution in [1.29, 1.82) is 0 Å². The van der Waals surface area contributed by atoms with Crippen LogP contribution < -0.4 is 0 Å². The first-order chi connectivity index (χ1) is 7.91. The molecule has 0 spiro atoms. The number of aromatic nitrogens is 2. The molecule has 17 heavy (non-hydrogen) atoms. The summed E-state index contributed by atoms with van der Waals surface area (Å²) in [5.41, 5.74) is -0.701. The summed E-state index contributed by atoms with van der Waals surface area (Å²) in [5.74, 6) is 0.00792. The van der Waals surface area contributed by atoms with Crippen molar-refractivity contribution >= 4 is 28.5 Å². The van der Waals surface area contributed by atoms with Crippen molar-refractivity contribution in [1.82, 2.24) is 14.7 Å². The van der Waals surface area contributed by atoms with Gasteiger partial charge in [0, 0.05) is 19.3 Å². The molecule has 1 amide bonds. The first-order valence-electron chi connectivity index (χ1n) is 5.59. The van der Waals surface area contributed by atoms with Crippen molar-refractivity contribution in [2.75, 3.05) is 13.1 Å². The van der Waals surface area contributed by atoms with E-state index in [2.05, 4.69) is 27.7 Å². The van der Waals surface area contributed by atoms with Crippen molar-refractivity contribution in [2.24, 2.45) is 0 Å². The van der Waals surface area contributed by atoms with E-state index in [4.69, 9.17) is 0 Å². The molecule has 94 valence electrons. The number of rotatable bonds is 2. The summed E-state index contributed by atoms with van der Waals surface area (Å²) in [4.78, 5) is 14.1. The zero-order valence-electron chi connectivity index (χ0n) is 9.93. The average molecular weight is 349 g/mol. The number of amides is 1. The van der Waals surface area contributed by atoms with Gasteiger partial charge in [-0.2, -0.15) is 5.10 Å². The van der Waals surface area contributed by atoms with Gasteiger partial charge in [-0.1, -0.05) is 0 Å². The molecule has 0 saturated carbocycles. The molecule has 6 heteroatoms. The molecule has 0 aliphatic carbocycles. The van der Waals surface area contributed by atoms with Crippen LogP contribution in [0.2, 0.25) is 0 Å². The molecular weight excluding hydrogens is 333 g/mol. The number of carbonyl (C=O) groups excluding carboxylic acids is 1. The smallest absolute Gasteiger partial charge is 0.250 e. The molecular formula is C11H16IN3O2. The Kier molecular flexibility index (Phi) is 3.44. The van der Waals surface area contributed by atoms with Crippen LogP contribution in [0.5, 0.6) is 0 Å². The predicted molar refractivity (Wildman–Crippen MR) is 71.5 cm³/mol. The summed E-state index contributed by atoms with van der Waals surface area (Å²) in [6, 6.07) is 0. The van der Waals surface area contributed by atoms with E-state index in [1.54, 1.807) is 15.8 Å². The first-order valence-corrected chi connectivity index (χ1v) is 6.67. The summed E-state index contributed by atoms with van der Waals surface area (Å²) in [6.07, 6.45) is 3.87. The number of aliphatic hydroxyl groups excluding tert-OH is 1. The van der Waals surface area contributed by atoms with E-state index in [1.165, 1.54) is 0 Å². The van der Waals surface area contributed by atoms with E-state index in [1.807, 2.05) is 20.0 Å². The van der Waals surface area contributed by atoms with E-state index >= 15 is 0 Å². The number of β-amino-alcohol motifs (C(OH)–C–C–N with tert-alkyl or cyclic N) is 1. The van der Waals surface area contributed by atoms with Crippen molar-refractivity contribution < 1.29 is 9.90 Å². The number of carbonyl (C=O) groups is 1. The SMILES string of the molecule is CC(C)(C(=O)N1CC[C@@H](O)C1)n1cc(I)cn1.